The lowest BCUT2D eigenvalue weighted by Gasteiger charge is -2.06. The van der Waals surface area contributed by atoms with Gasteiger partial charge in [-0.1, -0.05) is 31.2 Å². The fraction of sp³-hybridized carbons (Fsp3) is 0.333. The molecule has 0 fully saturated rings. The maximum Gasteiger partial charge on any atom is 0.305 e. The fourth-order valence-electron chi connectivity index (χ4n) is 1.60. The Bertz CT molecular complexity index is 472. The van der Waals surface area contributed by atoms with Crippen LogP contribution in [0.5, 0.6) is 0 Å². The third-order valence-corrected chi connectivity index (χ3v) is 2.61. The topological polar surface area (TPSA) is 50.1 Å². The maximum atomic E-state index is 11.1. The highest BCUT2D eigenvalue weighted by atomic mass is 16.5. The molecule has 0 N–H and O–H groups in total. The molecule has 1 unspecified atom stereocenters. The summed E-state index contributed by atoms with van der Waals surface area (Å²) in [4.78, 5) is 11.1. The van der Waals surface area contributed by atoms with Gasteiger partial charge in [0.2, 0.25) is 0 Å². The zero-order valence-corrected chi connectivity index (χ0v) is 10.7. The van der Waals surface area contributed by atoms with E-state index >= 15 is 0 Å². The summed E-state index contributed by atoms with van der Waals surface area (Å²) in [7, 11) is 1.40. The van der Waals surface area contributed by atoms with Crippen molar-refractivity contribution in [2.24, 2.45) is 5.92 Å². The Balaban J connectivity index is 2.49. The Kier molecular flexibility index (Phi) is 5.66. The van der Waals surface area contributed by atoms with E-state index in [0.717, 1.165) is 12.0 Å². The second-order valence-corrected chi connectivity index (χ2v) is 4.26. The number of carbonyl (C=O) groups is 1. The average molecular weight is 243 g/mol. The van der Waals surface area contributed by atoms with Gasteiger partial charge in [-0.3, -0.25) is 4.79 Å². The monoisotopic (exact) mass is 243 g/mol. The van der Waals surface area contributed by atoms with Crippen LogP contribution in [0.2, 0.25) is 0 Å². The number of allylic oxidation sites excluding steroid dienone is 1. The van der Waals surface area contributed by atoms with Crippen LogP contribution in [0.1, 0.15) is 30.9 Å². The van der Waals surface area contributed by atoms with E-state index in [-0.39, 0.29) is 11.9 Å². The van der Waals surface area contributed by atoms with E-state index in [4.69, 9.17) is 5.26 Å². The zero-order chi connectivity index (χ0) is 13.4. The summed E-state index contributed by atoms with van der Waals surface area (Å²) in [6.07, 6.45) is 5.23. The van der Waals surface area contributed by atoms with Crippen molar-refractivity contribution >= 4 is 12.0 Å². The molecule has 0 aliphatic heterocycles. The van der Waals surface area contributed by atoms with Crippen molar-refractivity contribution in [1.82, 2.24) is 0 Å². The number of esters is 1. The van der Waals surface area contributed by atoms with Crippen molar-refractivity contribution in [2.75, 3.05) is 7.11 Å². The lowest BCUT2D eigenvalue weighted by atomic mass is 10.0. The molecule has 0 aliphatic rings. The zero-order valence-electron chi connectivity index (χ0n) is 10.7. The normalized spacial score (nSPS) is 12.1. The SMILES string of the molecule is COC(=O)CC(C)C/C=C/c1cccc(C#N)c1. The second-order valence-electron chi connectivity index (χ2n) is 4.26. The first kappa shape index (κ1) is 14.0. The summed E-state index contributed by atoms with van der Waals surface area (Å²) in [5.74, 6) is 0.0789. The lowest BCUT2D eigenvalue weighted by molar-refractivity contribution is -0.141. The molecule has 0 amide bonds. The van der Waals surface area contributed by atoms with Crippen molar-refractivity contribution in [3.63, 3.8) is 0 Å². The van der Waals surface area contributed by atoms with Crippen molar-refractivity contribution in [3.05, 3.63) is 41.5 Å². The fourth-order valence-corrected chi connectivity index (χ4v) is 1.60. The van der Waals surface area contributed by atoms with Gasteiger partial charge in [-0.05, 0) is 30.0 Å². The van der Waals surface area contributed by atoms with Gasteiger partial charge >= 0.3 is 5.97 Å². The molecule has 0 saturated carbocycles. The van der Waals surface area contributed by atoms with Crippen LogP contribution in [-0.2, 0) is 9.53 Å². The molecule has 1 aromatic rings. The third-order valence-electron chi connectivity index (χ3n) is 2.61. The van der Waals surface area contributed by atoms with Gasteiger partial charge in [-0.15, -0.1) is 0 Å². The van der Waals surface area contributed by atoms with Crippen LogP contribution in [0.3, 0.4) is 0 Å². The smallest absolute Gasteiger partial charge is 0.305 e. The van der Waals surface area contributed by atoms with Gasteiger partial charge in [-0.2, -0.15) is 5.26 Å². The minimum absolute atomic E-state index is 0.178. The molecule has 0 saturated heterocycles. The van der Waals surface area contributed by atoms with Gasteiger partial charge in [0.15, 0.2) is 0 Å². The van der Waals surface area contributed by atoms with Gasteiger partial charge in [0, 0.05) is 6.42 Å². The summed E-state index contributed by atoms with van der Waals surface area (Å²) in [6.45, 7) is 2.01. The van der Waals surface area contributed by atoms with Crippen LogP contribution >= 0.6 is 0 Å². The van der Waals surface area contributed by atoms with Gasteiger partial charge < -0.3 is 4.74 Å². The van der Waals surface area contributed by atoms with Crippen LogP contribution in [0, 0.1) is 17.2 Å². The number of nitriles is 1. The largest absolute Gasteiger partial charge is 0.469 e. The minimum Gasteiger partial charge on any atom is -0.469 e. The number of rotatable bonds is 5. The van der Waals surface area contributed by atoms with E-state index in [1.165, 1.54) is 7.11 Å². The highest BCUT2D eigenvalue weighted by Crippen LogP contribution is 2.12. The van der Waals surface area contributed by atoms with Crippen LogP contribution in [-0.4, -0.2) is 13.1 Å². The van der Waals surface area contributed by atoms with Crippen molar-refractivity contribution < 1.29 is 9.53 Å². The Morgan fingerprint density at radius 1 is 1.56 bits per heavy atom. The van der Waals surface area contributed by atoms with E-state index in [0.29, 0.717) is 12.0 Å². The Morgan fingerprint density at radius 3 is 3.00 bits per heavy atom. The summed E-state index contributed by atoms with van der Waals surface area (Å²) >= 11 is 0. The lowest BCUT2D eigenvalue weighted by Crippen LogP contribution is -2.06. The summed E-state index contributed by atoms with van der Waals surface area (Å²) in [5, 5.41) is 8.78. The molecular weight excluding hydrogens is 226 g/mol. The quantitative estimate of drug-likeness (QED) is 0.746. The first-order valence-electron chi connectivity index (χ1n) is 5.89. The van der Waals surface area contributed by atoms with Gasteiger partial charge in [0.05, 0.1) is 18.7 Å². The van der Waals surface area contributed by atoms with Gasteiger partial charge in [-0.25, -0.2) is 0 Å². The Morgan fingerprint density at radius 2 is 2.33 bits per heavy atom. The Hall–Kier alpha value is -2.08. The summed E-state index contributed by atoms with van der Waals surface area (Å²) in [6, 6.07) is 9.52. The van der Waals surface area contributed by atoms with Crippen molar-refractivity contribution in [2.45, 2.75) is 19.8 Å². The summed E-state index contributed by atoms with van der Waals surface area (Å²) < 4.78 is 4.62. The predicted molar refractivity (Wildman–Crippen MR) is 70.6 cm³/mol. The number of nitrogens with zero attached hydrogens (tertiary/aromatic N) is 1. The molecule has 0 aromatic heterocycles. The second kappa shape index (κ2) is 7.29. The minimum atomic E-state index is -0.178. The van der Waals surface area contributed by atoms with Crippen LogP contribution in [0.4, 0.5) is 0 Å². The number of carbonyl (C=O) groups excluding carboxylic acids is 1. The molecule has 94 valence electrons. The van der Waals surface area contributed by atoms with E-state index in [1.54, 1.807) is 6.07 Å². The molecule has 18 heavy (non-hydrogen) atoms. The first-order valence-corrected chi connectivity index (χ1v) is 5.89. The van der Waals surface area contributed by atoms with E-state index in [9.17, 15) is 4.79 Å². The number of hydrogen-bond donors (Lipinski definition) is 0. The Labute approximate surface area is 108 Å². The average Bonchev–Trinajstić information content (AvgIpc) is 2.38. The molecule has 0 heterocycles. The third kappa shape index (κ3) is 4.84. The highest BCUT2D eigenvalue weighted by molar-refractivity contribution is 5.69. The molecule has 1 rings (SSSR count). The highest BCUT2D eigenvalue weighted by Gasteiger charge is 2.06. The van der Waals surface area contributed by atoms with Crippen LogP contribution < -0.4 is 0 Å². The molecule has 1 aromatic carbocycles. The van der Waals surface area contributed by atoms with Crippen molar-refractivity contribution in [3.8, 4) is 6.07 Å². The molecular formula is C15H17NO2. The standard InChI is InChI=1S/C15H17NO2/c1-12(9-15(17)18-2)5-3-6-13-7-4-8-14(10-13)11-16/h3-4,6-8,10,12H,5,9H2,1-2H3/b6-3+. The maximum absolute atomic E-state index is 11.1. The van der Waals surface area contributed by atoms with E-state index in [2.05, 4.69) is 10.8 Å². The summed E-state index contributed by atoms with van der Waals surface area (Å²) in [5.41, 5.74) is 1.65. The number of hydrogen-bond acceptors (Lipinski definition) is 3. The first-order chi connectivity index (χ1) is 8.65. The molecule has 0 spiro atoms. The number of benzene rings is 1. The predicted octanol–water partition coefficient (Wildman–Crippen LogP) is 3.16. The molecule has 1 atom stereocenters. The van der Waals surface area contributed by atoms with Crippen LogP contribution in [0.25, 0.3) is 6.08 Å². The number of methoxy groups -OCH3 is 1. The van der Waals surface area contributed by atoms with Crippen molar-refractivity contribution in [1.29, 1.82) is 5.26 Å². The van der Waals surface area contributed by atoms with E-state index in [1.807, 2.05) is 37.3 Å². The van der Waals surface area contributed by atoms with Crippen LogP contribution in [0.15, 0.2) is 30.3 Å². The van der Waals surface area contributed by atoms with E-state index < -0.39 is 0 Å². The molecule has 3 nitrogen and oxygen atoms in total. The molecule has 0 bridgehead atoms. The van der Waals surface area contributed by atoms with Gasteiger partial charge in [0.25, 0.3) is 0 Å². The number of ether oxygens (including phenoxy) is 1. The molecule has 0 aliphatic carbocycles. The molecule has 0 radical (unpaired) electrons. The molecule has 3 heteroatoms. The van der Waals surface area contributed by atoms with Gasteiger partial charge in [0.1, 0.15) is 0 Å².